The van der Waals surface area contributed by atoms with Crippen molar-refractivity contribution in [2.24, 2.45) is 5.10 Å². The zero-order valence-electron chi connectivity index (χ0n) is 16.2. The van der Waals surface area contributed by atoms with Crippen LogP contribution in [0.1, 0.15) is 18.1 Å². The Morgan fingerprint density at radius 3 is 2.57 bits per heavy atom. The first-order valence-corrected chi connectivity index (χ1v) is 9.72. The highest BCUT2D eigenvalue weighted by Crippen LogP contribution is 2.27. The minimum atomic E-state index is -0.294. The molecular weight excluding hydrogens is 403 g/mol. The molecule has 1 amide bonds. The molecule has 0 saturated heterocycles. The summed E-state index contributed by atoms with van der Waals surface area (Å²) in [6, 6.07) is 20.8. The number of hydrogen-bond donors (Lipinski definition) is 0. The van der Waals surface area contributed by atoms with Crippen molar-refractivity contribution < 1.29 is 13.9 Å². The van der Waals surface area contributed by atoms with Crippen molar-refractivity contribution in [1.82, 2.24) is 0 Å². The van der Waals surface area contributed by atoms with Gasteiger partial charge in [-0.1, -0.05) is 48.0 Å². The van der Waals surface area contributed by atoms with Crippen LogP contribution in [0.3, 0.4) is 0 Å². The fraction of sp³-hybridized carbons (Fsp3) is 0.0833. The molecule has 0 aromatic heterocycles. The van der Waals surface area contributed by atoms with E-state index in [1.807, 2.05) is 12.1 Å². The first-order valence-electron chi connectivity index (χ1n) is 9.35. The van der Waals surface area contributed by atoms with Crippen LogP contribution in [0.2, 0.25) is 5.02 Å². The Balaban J connectivity index is 1.47. The van der Waals surface area contributed by atoms with E-state index < -0.39 is 0 Å². The lowest BCUT2D eigenvalue weighted by Crippen LogP contribution is -2.21. The van der Waals surface area contributed by atoms with E-state index in [1.165, 1.54) is 11.1 Å². The largest absolute Gasteiger partial charge is 0.489 e. The number of ether oxygens (including phenoxy) is 1. The molecule has 4 nitrogen and oxygen atoms in total. The molecule has 6 heteroatoms. The van der Waals surface area contributed by atoms with E-state index in [-0.39, 0.29) is 18.3 Å². The van der Waals surface area contributed by atoms with Crippen molar-refractivity contribution in [1.29, 1.82) is 0 Å². The second kappa shape index (κ2) is 8.51. The molecule has 1 aliphatic heterocycles. The van der Waals surface area contributed by atoms with E-state index in [0.29, 0.717) is 33.3 Å². The standard InChI is InChI=1S/C24H18ClFN2O2/c1-16-22(24(29)28(27-16)20-7-4-6-19(25)14-20)13-17-9-11-21(12-10-17)30-15-18-5-2-3-8-23(18)26/h2-14H,15H2,1H3/b22-13-. The van der Waals surface area contributed by atoms with E-state index >= 15 is 0 Å². The van der Waals surface area contributed by atoms with Gasteiger partial charge >= 0.3 is 0 Å². The number of amides is 1. The molecule has 1 aliphatic rings. The van der Waals surface area contributed by atoms with Gasteiger partial charge in [0.25, 0.3) is 5.91 Å². The average Bonchev–Trinajstić information content (AvgIpc) is 3.02. The highest BCUT2D eigenvalue weighted by atomic mass is 35.5. The highest BCUT2D eigenvalue weighted by Gasteiger charge is 2.28. The lowest BCUT2D eigenvalue weighted by molar-refractivity contribution is -0.114. The Kier molecular flexibility index (Phi) is 5.63. The first kappa shape index (κ1) is 19.9. The van der Waals surface area contributed by atoms with Crippen LogP contribution in [0, 0.1) is 5.82 Å². The highest BCUT2D eigenvalue weighted by molar-refractivity contribution is 6.33. The number of halogens is 2. The van der Waals surface area contributed by atoms with Gasteiger partial charge in [-0.15, -0.1) is 0 Å². The second-order valence-corrected chi connectivity index (χ2v) is 7.23. The summed E-state index contributed by atoms with van der Waals surface area (Å²) in [7, 11) is 0. The van der Waals surface area contributed by atoms with Crippen molar-refractivity contribution >= 4 is 35.0 Å². The van der Waals surface area contributed by atoms with E-state index in [9.17, 15) is 9.18 Å². The minimum absolute atomic E-state index is 0.145. The zero-order chi connectivity index (χ0) is 21.1. The third-order valence-electron chi connectivity index (χ3n) is 4.66. The topological polar surface area (TPSA) is 41.9 Å². The molecule has 3 aromatic rings. The minimum Gasteiger partial charge on any atom is -0.489 e. The Morgan fingerprint density at radius 2 is 1.83 bits per heavy atom. The van der Waals surface area contributed by atoms with Gasteiger partial charge in [0.05, 0.1) is 17.0 Å². The number of anilines is 1. The normalized spacial score (nSPS) is 14.9. The summed E-state index contributed by atoms with van der Waals surface area (Å²) in [5.74, 6) is 0.108. The summed E-state index contributed by atoms with van der Waals surface area (Å²) in [4.78, 5) is 12.8. The number of carbonyl (C=O) groups excluding carboxylic acids is 1. The number of carbonyl (C=O) groups is 1. The lowest BCUT2D eigenvalue weighted by atomic mass is 10.1. The molecule has 30 heavy (non-hydrogen) atoms. The van der Waals surface area contributed by atoms with Crippen LogP contribution >= 0.6 is 11.6 Å². The number of nitrogens with zero attached hydrogens (tertiary/aromatic N) is 2. The maximum absolute atomic E-state index is 13.7. The average molecular weight is 421 g/mol. The molecule has 0 saturated carbocycles. The van der Waals surface area contributed by atoms with Crippen molar-refractivity contribution in [2.45, 2.75) is 13.5 Å². The fourth-order valence-electron chi connectivity index (χ4n) is 3.07. The quantitative estimate of drug-likeness (QED) is 0.485. The monoisotopic (exact) mass is 420 g/mol. The van der Waals surface area contributed by atoms with Crippen molar-refractivity contribution in [2.75, 3.05) is 5.01 Å². The maximum Gasteiger partial charge on any atom is 0.280 e. The molecule has 0 spiro atoms. The smallest absolute Gasteiger partial charge is 0.280 e. The zero-order valence-corrected chi connectivity index (χ0v) is 16.9. The van der Waals surface area contributed by atoms with Gasteiger partial charge in [-0.3, -0.25) is 4.79 Å². The van der Waals surface area contributed by atoms with Crippen molar-refractivity contribution in [3.8, 4) is 5.75 Å². The molecule has 0 aliphatic carbocycles. The number of hydrogen-bond acceptors (Lipinski definition) is 3. The van der Waals surface area contributed by atoms with Crippen LogP contribution in [-0.2, 0) is 11.4 Å². The predicted octanol–water partition coefficient (Wildman–Crippen LogP) is 5.86. The maximum atomic E-state index is 13.7. The molecule has 4 rings (SSSR count). The summed E-state index contributed by atoms with van der Waals surface area (Å²) in [5, 5.41) is 6.25. The summed E-state index contributed by atoms with van der Waals surface area (Å²) in [6.45, 7) is 1.94. The third-order valence-corrected chi connectivity index (χ3v) is 4.89. The Hall–Kier alpha value is -3.44. The molecular formula is C24H18ClFN2O2. The van der Waals surface area contributed by atoms with Crippen LogP contribution in [0.5, 0.6) is 5.75 Å². The van der Waals surface area contributed by atoms with E-state index in [0.717, 1.165) is 5.56 Å². The lowest BCUT2D eigenvalue weighted by Gasteiger charge is -2.11. The predicted molar refractivity (Wildman–Crippen MR) is 117 cm³/mol. The van der Waals surface area contributed by atoms with Crippen molar-refractivity contribution in [3.05, 3.63) is 100 Å². The molecule has 150 valence electrons. The molecule has 1 heterocycles. The van der Waals surface area contributed by atoms with Gasteiger partial charge < -0.3 is 4.74 Å². The third kappa shape index (κ3) is 4.26. The van der Waals surface area contributed by atoms with E-state index in [4.69, 9.17) is 16.3 Å². The molecule has 0 atom stereocenters. The Labute approximate surface area is 178 Å². The summed E-state index contributed by atoms with van der Waals surface area (Å²) in [5.41, 5.74) is 3.08. The summed E-state index contributed by atoms with van der Waals surface area (Å²) < 4.78 is 19.3. The SMILES string of the molecule is CC1=NN(c2cccc(Cl)c2)C(=O)/C1=C\c1ccc(OCc2ccccc2F)cc1. The molecule has 0 N–H and O–H groups in total. The number of benzene rings is 3. The first-order chi connectivity index (χ1) is 14.5. The van der Waals surface area contributed by atoms with Gasteiger partial charge in [0.1, 0.15) is 18.2 Å². The van der Waals surface area contributed by atoms with Gasteiger partial charge in [-0.2, -0.15) is 10.1 Å². The van der Waals surface area contributed by atoms with Gasteiger partial charge in [-0.25, -0.2) is 4.39 Å². The summed E-state index contributed by atoms with van der Waals surface area (Å²) in [6.07, 6.45) is 1.78. The van der Waals surface area contributed by atoms with Crippen LogP contribution in [0.25, 0.3) is 6.08 Å². The van der Waals surface area contributed by atoms with Gasteiger partial charge in [0.15, 0.2) is 0 Å². The van der Waals surface area contributed by atoms with Gasteiger partial charge in [0.2, 0.25) is 0 Å². The number of rotatable bonds is 5. The van der Waals surface area contributed by atoms with E-state index in [1.54, 1.807) is 67.6 Å². The van der Waals surface area contributed by atoms with Crippen LogP contribution in [0.4, 0.5) is 10.1 Å². The van der Waals surface area contributed by atoms with Crippen molar-refractivity contribution in [3.63, 3.8) is 0 Å². The molecule has 0 bridgehead atoms. The number of hydrazone groups is 1. The molecule has 3 aromatic carbocycles. The molecule has 0 radical (unpaired) electrons. The van der Waals surface area contributed by atoms with Crippen LogP contribution < -0.4 is 9.75 Å². The summed E-state index contributed by atoms with van der Waals surface area (Å²) >= 11 is 6.03. The Bertz CT molecular complexity index is 1160. The van der Waals surface area contributed by atoms with Crippen LogP contribution in [-0.4, -0.2) is 11.6 Å². The van der Waals surface area contributed by atoms with Crippen LogP contribution in [0.15, 0.2) is 83.5 Å². The fourth-order valence-corrected chi connectivity index (χ4v) is 3.26. The van der Waals surface area contributed by atoms with Gasteiger partial charge in [0, 0.05) is 10.6 Å². The van der Waals surface area contributed by atoms with Gasteiger partial charge in [-0.05, 0) is 55.0 Å². The Morgan fingerprint density at radius 1 is 1.07 bits per heavy atom. The molecule has 0 unspecified atom stereocenters. The van der Waals surface area contributed by atoms with E-state index in [2.05, 4.69) is 5.10 Å². The molecule has 0 fully saturated rings. The second-order valence-electron chi connectivity index (χ2n) is 6.79.